The molecule has 0 bridgehead atoms. The maximum absolute atomic E-state index is 3.67. The molecule has 3 atom stereocenters. The number of rotatable bonds is 6. The summed E-state index contributed by atoms with van der Waals surface area (Å²) in [5.41, 5.74) is 4.60. The molecule has 21 heavy (non-hydrogen) atoms. The van der Waals surface area contributed by atoms with E-state index in [2.05, 4.69) is 51.2 Å². The van der Waals surface area contributed by atoms with Crippen molar-refractivity contribution in [3.05, 3.63) is 34.9 Å². The van der Waals surface area contributed by atoms with E-state index in [-0.39, 0.29) is 0 Å². The third-order valence-electron chi connectivity index (χ3n) is 5.56. The molecule has 1 aromatic rings. The SMILES string of the molecule is CCCNCC1CCC(CC)CC1c1cccc(C)c1C. The minimum absolute atomic E-state index is 0.757. The van der Waals surface area contributed by atoms with Gasteiger partial charge >= 0.3 is 0 Å². The molecule has 0 heterocycles. The van der Waals surface area contributed by atoms with Crippen LogP contribution < -0.4 is 5.32 Å². The fourth-order valence-electron chi connectivity index (χ4n) is 3.96. The fraction of sp³-hybridized carbons (Fsp3) is 0.700. The van der Waals surface area contributed by atoms with Crippen LogP contribution >= 0.6 is 0 Å². The van der Waals surface area contributed by atoms with E-state index in [0.717, 1.165) is 24.3 Å². The van der Waals surface area contributed by atoms with Crippen molar-refractivity contribution in [2.24, 2.45) is 11.8 Å². The molecule has 1 N–H and O–H groups in total. The first-order valence-electron chi connectivity index (χ1n) is 8.94. The second-order valence-electron chi connectivity index (χ2n) is 6.95. The summed E-state index contributed by atoms with van der Waals surface area (Å²) in [6.45, 7) is 11.5. The fourth-order valence-corrected chi connectivity index (χ4v) is 3.96. The molecule has 1 aliphatic rings. The van der Waals surface area contributed by atoms with Crippen LogP contribution in [0.5, 0.6) is 0 Å². The van der Waals surface area contributed by atoms with Gasteiger partial charge in [-0.25, -0.2) is 0 Å². The molecule has 0 aliphatic heterocycles. The van der Waals surface area contributed by atoms with E-state index in [1.807, 2.05) is 0 Å². The van der Waals surface area contributed by atoms with E-state index in [1.54, 1.807) is 5.56 Å². The molecule has 1 aliphatic carbocycles. The Balaban J connectivity index is 2.17. The Morgan fingerprint density at radius 1 is 1.14 bits per heavy atom. The highest BCUT2D eigenvalue weighted by Crippen LogP contribution is 2.42. The van der Waals surface area contributed by atoms with Crippen LogP contribution in [0.4, 0.5) is 0 Å². The van der Waals surface area contributed by atoms with Gasteiger partial charge in [0, 0.05) is 0 Å². The first-order chi connectivity index (χ1) is 10.2. The summed E-state index contributed by atoms with van der Waals surface area (Å²) >= 11 is 0. The molecular weight excluding hydrogens is 254 g/mol. The highest BCUT2D eigenvalue weighted by Gasteiger charge is 2.31. The number of hydrogen-bond donors (Lipinski definition) is 1. The quantitative estimate of drug-likeness (QED) is 0.708. The number of benzene rings is 1. The maximum Gasteiger partial charge on any atom is -0.00147 e. The smallest absolute Gasteiger partial charge is 0.00147 e. The van der Waals surface area contributed by atoms with Gasteiger partial charge in [0.1, 0.15) is 0 Å². The van der Waals surface area contributed by atoms with E-state index in [4.69, 9.17) is 0 Å². The van der Waals surface area contributed by atoms with E-state index in [9.17, 15) is 0 Å². The predicted molar refractivity (Wildman–Crippen MR) is 92.9 cm³/mol. The van der Waals surface area contributed by atoms with Gasteiger partial charge in [0.2, 0.25) is 0 Å². The molecule has 0 amide bonds. The highest BCUT2D eigenvalue weighted by atomic mass is 14.9. The Morgan fingerprint density at radius 3 is 2.67 bits per heavy atom. The van der Waals surface area contributed by atoms with Gasteiger partial charge in [-0.3, -0.25) is 0 Å². The number of nitrogens with one attached hydrogen (secondary N) is 1. The average molecular weight is 287 g/mol. The van der Waals surface area contributed by atoms with Crippen LogP contribution in [0.25, 0.3) is 0 Å². The molecule has 1 aromatic carbocycles. The Morgan fingerprint density at radius 2 is 1.95 bits per heavy atom. The third kappa shape index (κ3) is 4.10. The lowest BCUT2D eigenvalue weighted by molar-refractivity contribution is 0.225. The molecule has 1 nitrogen and oxygen atoms in total. The summed E-state index contributed by atoms with van der Waals surface area (Å²) in [5, 5.41) is 3.67. The largest absolute Gasteiger partial charge is 0.316 e. The minimum atomic E-state index is 0.757. The van der Waals surface area contributed by atoms with Crippen LogP contribution in [0.15, 0.2) is 18.2 Å². The molecule has 1 fully saturated rings. The summed E-state index contributed by atoms with van der Waals surface area (Å²) in [4.78, 5) is 0. The van der Waals surface area contributed by atoms with Gasteiger partial charge in [0.05, 0.1) is 0 Å². The average Bonchev–Trinajstić information content (AvgIpc) is 2.51. The molecule has 0 saturated heterocycles. The second kappa shape index (κ2) is 7.98. The molecular formula is C20H33N. The zero-order chi connectivity index (χ0) is 15.2. The summed E-state index contributed by atoms with van der Waals surface area (Å²) in [6.07, 6.45) is 6.79. The molecule has 1 heteroatoms. The molecule has 2 rings (SSSR count). The Bertz CT molecular complexity index is 435. The van der Waals surface area contributed by atoms with Gasteiger partial charge in [-0.1, -0.05) is 44.9 Å². The molecule has 0 radical (unpaired) electrons. The molecule has 0 aromatic heterocycles. The van der Waals surface area contributed by atoms with Gasteiger partial charge in [0.15, 0.2) is 0 Å². The van der Waals surface area contributed by atoms with Crippen molar-refractivity contribution in [1.29, 1.82) is 0 Å². The lowest BCUT2D eigenvalue weighted by Gasteiger charge is -2.37. The van der Waals surface area contributed by atoms with E-state index >= 15 is 0 Å². The van der Waals surface area contributed by atoms with E-state index in [1.165, 1.54) is 49.8 Å². The lowest BCUT2D eigenvalue weighted by atomic mass is 9.69. The van der Waals surface area contributed by atoms with Crippen molar-refractivity contribution in [3.8, 4) is 0 Å². The first-order valence-corrected chi connectivity index (χ1v) is 8.94. The highest BCUT2D eigenvalue weighted by molar-refractivity contribution is 5.36. The normalized spacial score (nSPS) is 26.0. The standard InChI is InChI=1S/C20H33N/c1-5-12-21-14-18-11-10-17(6-2)13-20(18)19-9-7-8-15(3)16(19)4/h7-9,17-18,20-21H,5-6,10-14H2,1-4H3. The van der Waals surface area contributed by atoms with Crippen molar-refractivity contribution in [3.63, 3.8) is 0 Å². The van der Waals surface area contributed by atoms with Crippen LogP contribution in [0.1, 0.15) is 68.6 Å². The predicted octanol–water partition coefficient (Wildman–Crippen LogP) is 5.21. The Hall–Kier alpha value is -0.820. The van der Waals surface area contributed by atoms with Crippen molar-refractivity contribution in [1.82, 2.24) is 5.32 Å². The molecule has 0 spiro atoms. The number of aryl methyl sites for hydroxylation is 1. The van der Waals surface area contributed by atoms with Crippen molar-refractivity contribution >= 4 is 0 Å². The molecule has 118 valence electrons. The van der Waals surface area contributed by atoms with Gasteiger partial charge in [0.25, 0.3) is 0 Å². The van der Waals surface area contributed by atoms with Gasteiger partial charge in [-0.2, -0.15) is 0 Å². The summed E-state index contributed by atoms with van der Waals surface area (Å²) in [5.74, 6) is 2.50. The van der Waals surface area contributed by atoms with Crippen LogP contribution in [0.2, 0.25) is 0 Å². The summed E-state index contributed by atoms with van der Waals surface area (Å²) < 4.78 is 0. The van der Waals surface area contributed by atoms with Crippen molar-refractivity contribution in [2.75, 3.05) is 13.1 Å². The van der Waals surface area contributed by atoms with Crippen LogP contribution in [0.3, 0.4) is 0 Å². The topological polar surface area (TPSA) is 12.0 Å². The van der Waals surface area contributed by atoms with Gasteiger partial charge < -0.3 is 5.32 Å². The first kappa shape index (κ1) is 16.5. The summed E-state index contributed by atoms with van der Waals surface area (Å²) in [7, 11) is 0. The van der Waals surface area contributed by atoms with Gasteiger partial charge in [-0.05, 0) is 80.6 Å². The Labute approximate surface area is 131 Å². The van der Waals surface area contributed by atoms with E-state index in [0.29, 0.717) is 0 Å². The third-order valence-corrected chi connectivity index (χ3v) is 5.56. The minimum Gasteiger partial charge on any atom is -0.316 e. The second-order valence-corrected chi connectivity index (χ2v) is 6.95. The van der Waals surface area contributed by atoms with Crippen molar-refractivity contribution < 1.29 is 0 Å². The zero-order valence-electron chi connectivity index (χ0n) is 14.4. The van der Waals surface area contributed by atoms with Crippen molar-refractivity contribution in [2.45, 2.75) is 65.7 Å². The van der Waals surface area contributed by atoms with Crippen LogP contribution in [0, 0.1) is 25.7 Å². The Kier molecular flexibility index (Phi) is 6.29. The van der Waals surface area contributed by atoms with Crippen LogP contribution in [-0.4, -0.2) is 13.1 Å². The number of hydrogen-bond acceptors (Lipinski definition) is 1. The van der Waals surface area contributed by atoms with E-state index < -0.39 is 0 Å². The molecule has 1 saturated carbocycles. The molecule has 3 unspecified atom stereocenters. The lowest BCUT2D eigenvalue weighted by Crippen LogP contribution is -2.32. The van der Waals surface area contributed by atoms with Crippen LogP contribution in [-0.2, 0) is 0 Å². The van der Waals surface area contributed by atoms with Gasteiger partial charge in [-0.15, -0.1) is 0 Å². The summed E-state index contributed by atoms with van der Waals surface area (Å²) in [6, 6.07) is 6.89. The maximum atomic E-state index is 3.67. The zero-order valence-corrected chi connectivity index (χ0v) is 14.4. The monoisotopic (exact) mass is 287 g/mol.